The largest absolute Gasteiger partial charge is 0.283 e. The lowest BCUT2D eigenvalue weighted by molar-refractivity contribution is -0.387. The Labute approximate surface area is 202 Å². The molecule has 1 aliphatic heterocycles. The Morgan fingerprint density at radius 3 is 2.47 bits per heavy atom. The van der Waals surface area contributed by atoms with Crippen LogP contribution in [0, 0.1) is 30.9 Å². The fourth-order valence-electron chi connectivity index (χ4n) is 4.06. The molecule has 1 unspecified atom stereocenters. The third-order valence-electron chi connectivity index (χ3n) is 5.82. The highest BCUT2D eigenvalue weighted by molar-refractivity contribution is 7.99. The van der Waals surface area contributed by atoms with Crippen molar-refractivity contribution in [3.8, 4) is 0 Å². The molecule has 0 N–H and O–H groups in total. The molecule has 1 aliphatic rings. The van der Waals surface area contributed by atoms with Crippen molar-refractivity contribution in [1.29, 1.82) is 0 Å². The van der Waals surface area contributed by atoms with Crippen molar-refractivity contribution in [2.24, 2.45) is 0 Å². The highest BCUT2D eigenvalue weighted by Gasteiger charge is 2.41. The van der Waals surface area contributed by atoms with Crippen LogP contribution in [0.2, 0.25) is 0 Å². The quantitative estimate of drug-likeness (QED) is 0.365. The molecule has 0 radical (unpaired) electrons. The first-order valence-electron chi connectivity index (χ1n) is 10.7. The number of aryl methyl sites for hydroxylation is 2. The summed E-state index contributed by atoms with van der Waals surface area (Å²) in [6, 6.07) is 12.1. The molecule has 0 aliphatic carbocycles. The minimum absolute atomic E-state index is 0.0310. The molecule has 0 amide bonds. The van der Waals surface area contributed by atoms with E-state index in [4.69, 9.17) is 0 Å². The van der Waals surface area contributed by atoms with Crippen LogP contribution in [0.3, 0.4) is 0 Å². The number of carbonyl (C=O) groups is 1. The monoisotopic (exact) mass is 500 g/mol. The van der Waals surface area contributed by atoms with E-state index in [0.717, 1.165) is 5.56 Å². The van der Waals surface area contributed by atoms with Crippen LogP contribution in [0.4, 0.5) is 5.69 Å². The summed E-state index contributed by atoms with van der Waals surface area (Å²) >= 11 is 1.17. The summed E-state index contributed by atoms with van der Waals surface area (Å²) in [5, 5.41) is 15.8. The molecular formula is C23H24N4O5S2. The molecule has 178 valence electrons. The summed E-state index contributed by atoms with van der Waals surface area (Å²) in [5.74, 6) is -0.428. The zero-order valence-corrected chi connectivity index (χ0v) is 20.6. The minimum atomic E-state index is -3.85. The van der Waals surface area contributed by atoms with Gasteiger partial charge in [-0.3, -0.25) is 14.9 Å². The smallest absolute Gasteiger partial charge is 0.271 e. The maximum Gasteiger partial charge on any atom is 0.283 e. The molecule has 34 heavy (non-hydrogen) atoms. The van der Waals surface area contributed by atoms with E-state index in [2.05, 4.69) is 5.10 Å². The van der Waals surface area contributed by atoms with Gasteiger partial charge in [-0.1, -0.05) is 41.6 Å². The zero-order valence-electron chi connectivity index (χ0n) is 19.0. The molecule has 2 aromatic carbocycles. The molecule has 4 rings (SSSR count). The fraction of sp³-hybridized carbons (Fsp3) is 0.304. The SMILES string of the molecule is Cc1ccc(S(=O)(=O)N2CCCC2C(=O)n2nc(C)c(Sc3ccccc3[N+](=O)[O-])c2C)cc1. The molecule has 0 spiro atoms. The van der Waals surface area contributed by atoms with Gasteiger partial charge in [0.25, 0.3) is 11.6 Å². The number of aromatic nitrogens is 2. The van der Waals surface area contributed by atoms with Gasteiger partial charge in [0.15, 0.2) is 0 Å². The third kappa shape index (κ3) is 4.38. The number of nitrogens with zero attached hydrogens (tertiary/aromatic N) is 4. The van der Waals surface area contributed by atoms with Crippen LogP contribution >= 0.6 is 11.8 Å². The second-order valence-electron chi connectivity index (χ2n) is 8.16. The lowest BCUT2D eigenvalue weighted by Gasteiger charge is -2.23. The Morgan fingerprint density at radius 1 is 1.12 bits per heavy atom. The number of carbonyl (C=O) groups excluding carboxylic acids is 1. The number of hydrogen-bond acceptors (Lipinski definition) is 7. The Morgan fingerprint density at radius 2 is 1.79 bits per heavy atom. The first-order valence-corrected chi connectivity index (χ1v) is 13.0. The van der Waals surface area contributed by atoms with Gasteiger partial charge >= 0.3 is 0 Å². The minimum Gasteiger partial charge on any atom is -0.271 e. The molecule has 1 fully saturated rings. The number of nitro groups is 1. The Hall–Kier alpha value is -3.02. The number of hydrogen-bond donors (Lipinski definition) is 0. The van der Waals surface area contributed by atoms with E-state index >= 15 is 0 Å². The molecule has 11 heteroatoms. The van der Waals surface area contributed by atoms with E-state index in [1.165, 1.54) is 26.8 Å². The van der Waals surface area contributed by atoms with Crippen LogP contribution < -0.4 is 0 Å². The van der Waals surface area contributed by atoms with Gasteiger partial charge in [0.1, 0.15) is 6.04 Å². The predicted octanol–water partition coefficient (Wildman–Crippen LogP) is 4.36. The molecule has 1 aromatic heterocycles. The van der Waals surface area contributed by atoms with Gasteiger partial charge in [-0.15, -0.1) is 0 Å². The summed E-state index contributed by atoms with van der Waals surface area (Å²) in [4.78, 5) is 25.6. The van der Waals surface area contributed by atoms with Gasteiger partial charge in [0, 0.05) is 12.6 Å². The van der Waals surface area contributed by atoms with Crippen molar-refractivity contribution in [2.45, 2.75) is 54.3 Å². The summed E-state index contributed by atoms with van der Waals surface area (Å²) < 4.78 is 29.0. The van der Waals surface area contributed by atoms with Crippen molar-refractivity contribution in [3.05, 3.63) is 75.6 Å². The van der Waals surface area contributed by atoms with Gasteiger partial charge in [-0.2, -0.15) is 9.40 Å². The summed E-state index contributed by atoms with van der Waals surface area (Å²) in [6.07, 6.45) is 0.966. The Kier molecular flexibility index (Phi) is 6.61. The number of rotatable bonds is 6. The second kappa shape index (κ2) is 9.32. The third-order valence-corrected chi connectivity index (χ3v) is 9.11. The van der Waals surface area contributed by atoms with Crippen LogP contribution in [-0.2, 0) is 10.0 Å². The Bertz CT molecular complexity index is 1370. The maximum absolute atomic E-state index is 13.5. The van der Waals surface area contributed by atoms with Crippen LogP contribution in [0.1, 0.15) is 34.6 Å². The maximum atomic E-state index is 13.5. The second-order valence-corrected chi connectivity index (χ2v) is 11.1. The lowest BCUT2D eigenvalue weighted by atomic mass is 10.2. The molecule has 9 nitrogen and oxygen atoms in total. The topological polar surface area (TPSA) is 115 Å². The van der Waals surface area contributed by atoms with Crippen molar-refractivity contribution >= 4 is 33.4 Å². The first-order chi connectivity index (χ1) is 16.1. The normalized spacial score (nSPS) is 16.6. The zero-order chi connectivity index (χ0) is 24.6. The predicted molar refractivity (Wildman–Crippen MR) is 128 cm³/mol. The van der Waals surface area contributed by atoms with Gasteiger partial charge in [-0.25, -0.2) is 13.1 Å². The summed E-state index contributed by atoms with van der Waals surface area (Å²) in [6.45, 7) is 5.57. The molecule has 0 saturated carbocycles. The first kappa shape index (κ1) is 24.1. The average Bonchev–Trinajstić information content (AvgIpc) is 3.41. The van der Waals surface area contributed by atoms with Gasteiger partial charge in [0.05, 0.1) is 31.0 Å². The molecule has 1 saturated heterocycles. The molecule has 2 heterocycles. The van der Waals surface area contributed by atoms with E-state index in [-0.39, 0.29) is 17.1 Å². The Balaban J connectivity index is 1.65. The molecule has 0 bridgehead atoms. The fourth-order valence-corrected chi connectivity index (χ4v) is 6.74. The van der Waals surface area contributed by atoms with E-state index in [0.29, 0.717) is 34.0 Å². The highest BCUT2D eigenvalue weighted by Crippen LogP contribution is 2.38. The number of nitro benzene ring substituents is 1. The number of sulfonamides is 1. The van der Waals surface area contributed by atoms with E-state index in [1.807, 2.05) is 6.92 Å². The van der Waals surface area contributed by atoms with E-state index in [9.17, 15) is 23.3 Å². The van der Waals surface area contributed by atoms with Crippen LogP contribution in [0.15, 0.2) is 63.2 Å². The van der Waals surface area contributed by atoms with Gasteiger partial charge < -0.3 is 0 Å². The van der Waals surface area contributed by atoms with Gasteiger partial charge in [0.2, 0.25) is 10.0 Å². The van der Waals surface area contributed by atoms with Crippen molar-refractivity contribution in [1.82, 2.24) is 14.1 Å². The average molecular weight is 501 g/mol. The van der Waals surface area contributed by atoms with Crippen molar-refractivity contribution < 1.29 is 18.1 Å². The van der Waals surface area contributed by atoms with E-state index < -0.39 is 26.9 Å². The summed E-state index contributed by atoms with van der Waals surface area (Å²) in [5.41, 5.74) is 1.97. The molecule has 1 atom stereocenters. The van der Waals surface area contributed by atoms with Crippen molar-refractivity contribution in [3.63, 3.8) is 0 Å². The van der Waals surface area contributed by atoms with Crippen LogP contribution in [-0.4, -0.2) is 45.9 Å². The van der Waals surface area contributed by atoms with Crippen LogP contribution in [0.5, 0.6) is 0 Å². The van der Waals surface area contributed by atoms with E-state index in [1.54, 1.807) is 56.3 Å². The lowest BCUT2D eigenvalue weighted by Crippen LogP contribution is -2.43. The number of para-hydroxylation sites is 1. The molecule has 3 aromatic rings. The van der Waals surface area contributed by atoms with Gasteiger partial charge in [-0.05, 0) is 51.8 Å². The highest BCUT2D eigenvalue weighted by atomic mass is 32.2. The van der Waals surface area contributed by atoms with Crippen molar-refractivity contribution in [2.75, 3.05) is 6.54 Å². The standard InChI is InChI=1S/C23H24N4O5S2/c1-15-10-12-18(13-11-15)34(31,32)25-14-6-8-20(25)23(28)26-17(3)22(16(2)24-26)33-21-9-5-4-7-19(21)27(29)30/h4-5,7,9-13,20H,6,8,14H2,1-3H3. The molecular weight excluding hydrogens is 476 g/mol. The number of benzene rings is 2. The van der Waals surface area contributed by atoms with Crippen LogP contribution in [0.25, 0.3) is 0 Å². The summed E-state index contributed by atoms with van der Waals surface area (Å²) in [7, 11) is -3.85.